The van der Waals surface area contributed by atoms with E-state index in [-0.39, 0.29) is 22.8 Å². The highest BCUT2D eigenvalue weighted by Gasteiger charge is 2.55. The molecule has 0 aliphatic heterocycles. The van der Waals surface area contributed by atoms with Gasteiger partial charge in [0.1, 0.15) is 0 Å². The van der Waals surface area contributed by atoms with Gasteiger partial charge in [-0.3, -0.25) is 14.7 Å². The molecule has 0 spiro atoms. The van der Waals surface area contributed by atoms with E-state index >= 15 is 0 Å². The van der Waals surface area contributed by atoms with Gasteiger partial charge in [0.15, 0.2) is 0 Å². The molecule has 0 aromatic carbocycles. The highest BCUT2D eigenvalue weighted by molar-refractivity contribution is 5.99. The van der Waals surface area contributed by atoms with Crippen molar-refractivity contribution in [3.05, 3.63) is 11.6 Å². The standard InChI is InChI=1S/C14H18N4O2/c15-11(20)13-16-12(17-18-13)10(19)14-4-7-1-8(5-14)3-9(2-7)6-14/h7-9H,1-6H2,(H2,15,20)(H,16,17,18). The van der Waals surface area contributed by atoms with Gasteiger partial charge in [-0.05, 0) is 56.3 Å². The summed E-state index contributed by atoms with van der Waals surface area (Å²) in [5.74, 6) is 1.53. The molecule has 0 atom stereocenters. The van der Waals surface area contributed by atoms with E-state index in [2.05, 4.69) is 15.2 Å². The van der Waals surface area contributed by atoms with Gasteiger partial charge in [-0.1, -0.05) is 0 Å². The second-order valence-corrected chi connectivity index (χ2v) is 6.90. The number of carbonyl (C=O) groups excluding carboxylic acids is 2. The van der Waals surface area contributed by atoms with E-state index in [0.717, 1.165) is 19.3 Å². The fraction of sp³-hybridized carbons (Fsp3) is 0.714. The molecular weight excluding hydrogens is 256 g/mol. The number of aromatic nitrogens is 3. The lowest BCUT2D eigenvalue weighted by Gasteiger charge is -2.55. The third-order valence-electron chi connectivity index (χ3n) is 5.44. The molecule has 4 fully saturated rings. The SMILES string of the molecule is NC(=O)c1nc(C(=O)C23CC4CC(CC(C4)C2)C3)n[nH]1. The van der Waals surface area contributed by atoms with Crippen LogP contribution in [0.3, 0.4) is 0 Å². The van der Waals surface area contributed by atoms with Crippen molar-refractivity contribution in [2.75, 3.05) is 0 Å². The van der Waals surface area contributed by atoms with Crippen LogP contribution in [0.25, 0.3) is 0 Å². The summed E-state index contributed by atoms with van der Waals surface area (Å²) in [6, 6.07) is 0. The molecule has 4 bridgehead atoms. The maximum absolute atomic E-state index is 12.8. The Morgan fingerprint density at radius 2 is 1.65 bits per heavy atom. The van der Waals surface area contributed by atoms with E-state index in [1.807, 2.05) is 0 Å². The number of aromatic amines is 1. The van der Waals surface area contributed by atoms with Crippen LogP contribution in [0.15, 0.2) is 0 Å². The molecule has 4 aliphatic rings. The Balaban J connectivity index is 1.66. The summed E-state index contributed by atoms with van der Waals surface area (Å²) in [7, 11) is 0. The van der Waals surface area contributed by atoms with E-state index in [1.54, 1.807) is 0 Å². The van der Waals surface area contributed by atoms with Gasteiger partial charge in [0.2, 0.25) is 17.4 Å². The Labute approximate surface area is 116 Å². The maximum atomic E-state index is 12.8. The third-order valence-corrected chi connectivity index (χ3v) is 5.44. The number of primary amides is 1. The van der Waals surface area contributed by atoms with Crippen LogP contribution in [-0.2, 0) is 0 Å². The van der Waals surface area contributed by atoms with E-state index in [9.17, 15) is 9.59 Å². The van der Waals surface area contributed by atoms with Crippen LogP contribution in [0.4, 0.5) is 0 Å². The number of nitrogens with one attached hydrogen (secondary N) is 1. The van der Waals surface area contributed by atoms with Gasteiger partial charge in [0.05, 0.1) is 0 Å². The molecule has 1 aromatic heterocycles. The number of amides is 1. The van der Waals surface area contributed by atoms with Gasteiger partial charge in [-0.25, -0.2) is 0 Å². The summed E-state index contributed by atoms with van der Waals surface area (Å²) < 4.78 is 0. The van der Waals surface area contributed by atoms with Crippen LogP contribution in [0.1, 0.15) is 59.8 Å². The molecule has 3 N–H and O–H groups in total. The number of H-pyrrole nitrogens is 1. The molecule has 6 nitrogen and oxygen atoms in total. The number of carbonyl (C=O) groups is 2. The zero-order valence-corrected chi connectivity index (χ0v) is 11.3. The van der Waals surface area contributed by atoms with Crippen molar-refractivity contribution in [2.24, 2.45) is 28.9 Å². The summed E-state index contributed by atoms with van der Waals surface area (Å²) in [5, 5.41) is 6.37. The average Bonchev–Trinajstić information content (AvgIpc) is 2.85. The lowest BCUT2D eigenvalue weighted by Crippen LogP contribution is -2.50. The smallest absolute Gasteiger partial charge is 0.286 e. The predicted octanol–water partition coefficient (Wildman–Crippen LogP) is 1.30. The highest BCUT2D eigenvalue weighted by atomic mass is 16.1. The molecule has 5 rings (SSSR count). The number of nitrogens with zero attached hydrogens (tertiary/aromatic N) is 2. The van der Waals surface area contributed by atoms with Gasteiger partial charge in [-0.2, -0.15) is 4.98 Å². The van der Waals surface area contributed by atoms with Crippen molar-refractivity contribution in [1.82, 2.24) is 15.2 Å². The lowest BCUT2D eigenvalue weighted by atomic mass is 9.48. The quantitative estimate of drug-likeness (QED) is 0.811. The Morgan fingerprint density at radius 3 is 2.10 bits per heavy atom. The molecule has 106 valence electrons. The molecule has 4 saturated carbocycles. The first-order valence-electron chi connectivity index (χ1n) is 7.33. The molecule has 0 unspecified atom stereocenters. The highest BCUT2D eigenvalue weighted by Crippen LogP contribution is 2.60. The predicted molar refractivity (Wildman–Crippen MR) is 69.8 cm³/mol. The molecule has 1 heterocycles. The number of rotatable bonds is 3. The Bertz CT molecular complexity index is 556. The van der Waals surface area contributed by atoms with E-state index in [4.69, 9.17) is 5.73 Å². The average molecular weight is 274 g/mol. The zero-order valence-electron chi connectivity index (χ0n) is 11.3. The summed E-state index contributed by atoms with van der Waals surface area (Å²) in [6.07, 6.45) is 6.77. The van der Waals surface area contributed by atoms with Crippen molar-refractivity contribution in [3.63, 3.8) is 0 Å². The minimum absolute atomic E-state index is 0.0142. The second kappa shape index (κ2) is 3.90. The molecule has 6 heteroatoms. The Morgan fingerprint density at radius 1 is 1.10 bits per heavy atom. The van der Waals surface area contributed by atoms with Crippen molar-refractivity contribution in [1.29, 1.82) is 0 Å². The minimum atomic E-state index is -0.679. The van der Waals surface area contributed by atoms with Gasteiger partial charge >= 0.3 is 0 Å². The third kappa shape index (κ3) is 1.63. The van der Waals surface area contributed by atoms with E-state index in [0.29, 0.717) is 17.8 Å². The molecule has 0 radical (unpaired) electrons. The van der Waals surface area contributed by atoms with Gasteiger partial charge in [-0.15, -0.1) is 5.10 Å². The molecule has 1 aromatic rings. The maximum Gasteiger partial charge on any atom is 0.286 e. The fourth-order valence-corrected chi connectivity index (χ4v) is 5.10. The largest absolute Gasteiger partial charge is 0.363 e. The minimum Gasteiger partial charge on any atom is -0.363 e. The van der Waals surface area contributed by atoms with Crippen LogP contribution in [0.2, 0.25) is 0 Å². The monoisotopic (exact) mass is 274 g/mol. The summed E-state index contributed by atoms with van der Waals surface area (Å²) >= 11 is 0. The van der Waals surface area contributed by atoms with Gasteiger partial charge in [0.25, 0.3) is 5.91 Å². The molecule has 20 heavy (non-hydrogen) atoms. The van der Waals surface area contributed by atoms with E-state index < -0.39 is 5.91 Å². The Kier molecular flexibility index (Phi) is 2.35. The van der Waals surface area contributed by atoms with Gasteiger partial charge in [0, 0.05) is 5.41 Å². The number of ketones is 1. The second-order valence-electron chi connectivity index (χ2n) is 6.90. The van der Waals surface area contributed by atoms with Crippen molar-refractivity contribution >= 4 is 11.7 Å². The number of hydrogen-bond acceptors (Lipinski definition) is 4. The van der Waals surface area contributed by atoms with Crippen LogP contribution in [0.5, 0.6) is 0 Å². The summed E-state index contributed by atoms with van der Waals surface area (Å²) in [5.41, 5.74) is 4.88. The van der Waals surface area contributed by atoms with Gasteiger partial charge < -0.3 is 5.73 Å². The topological polar surface area (TPSA) is 102 Å². The number of nitrogens with two attached hydrogens (primary N) is 1. The summed E-state index contributed by atoms with van der Waals surface area (Å²) in [6.45, 7) is 0. The van der Waals surface area contributed by atoms with Crippen molar-refractivity contribution < 1.29 is 9.59 Å². The molecule has 1 amide bonds. The Hall–Kier alpha value is -1.72. The van der Waals surface area contributed by atoms with Crippen molar-refractivity contribution in [3.8, 4) is 0 Å². The van der Waals surface area contributed by atoms with Crippen LogP contribution >= 0.6 is 0 Å². The molecule has 4 aliphatic carbocycles. The lowest BCUT2D eigenvalue weighted by molar-refractivity contribution is -0.0358. The van der Waals surface area contributed by atoms with Crippen LogP contribution in [0, 0.1) is 23.2 Å². The molecular formula is C14H18N4O2. The zero-order chi connectivity index (χ0) is 13.9. The molecule has 0 saturated heterocycles. The fourth-order valence-electron chi connectivity index (χ4n) is 5.10. The number of Topliss-reactive ketones (excluding diaryl/α,β-unsaturated/α-hetero) is 1. The van der Waals surface area contributed by atoms with Crippen LogP contribution < -0.4 is 5.73 Å². The number of hydrogen-bond donors (Lipinski definition) is 2. The first kappa shape index (κ1) is 12.1. The van der Waals surface area contributed by atoms with E-state index in [1.165, 1.54) is 19.3 Å². The van der Waals surface area contributed by atoms with Crippen molar-refractivity contribution in [2.45, 2.75) is 38.5 Å². The first-order valence-corrected chi connectivity index (χ1v) is 7.33. The first-order chi connectivity index (χ1) is 9.56. The van der Waals surface area contributed by atoms with Crippen LogP contribution in [-0.4, -0.2) is 26.9 Å². The summed E-state index contributed by atoms with van der Waals surface area (Å²) in [4.78, 5) is 27.9. The normalized spacial score (nSPS) is 38.1.